The second-order valence-electron chi connectivity index (χ2n) is 5.88. The first kappa shape index (κ1) is 21.7. The third-order valence-corrected chi connectivity index (χ3v) is 3.68. The maximum atomic E-state index is 12.8. The summed E-state index contributed by atoms with van der Waals surface area (Å²) in [5, 5.41) is 7.82. The van der Waals surface area contributed by atoms with Gasteiger partial charge in [0, 0.05) is 6.08 Å². The quantitative estimate of drug-likeness (QED) is 0.200. The topological polar surface area (TPSA) is 77.3 Å². The van der Waals surface area contributed by atoms with Crippen LogP contribution in [0.1, 0.15) is 34.3 Å². The minimum absolute atomic E-state index is 0.242. The minimum atomic E-state index is -0.466. The Labute approximate surface area is 168 Å². The predicted molar refractivity (Wildman–Crippen MR) is 109 cm³/mol. The summed E-state index contributed by atoms with van der Waals surface area (Å²) in [5.74, 6) is -1.20. The molecule has 150 valence electrons. The molecule has 0 N–H and O–H groups in total. The van der Waals surface area contributed by atoms with Gasteiger partial charge < -0.3 is 9.47 Å². The normalized spacial score (nSPS) is 10.9. The van der Waals surface area contributed by atoms with Gasteiger partial charge in [-0.15, -0.1) is 0 Å². The summed E-state index contributed by atoms with van der Waals surface area (Å²) in [7, 11) is 0. The van der Waals surface area contributed by atoms with Crippen LogP contribution in [0.2, 0.25) is 0 Å². The Balaban J connectivity index is 1.72. The van der Waals surface area contributed by atoms with Crippen molar-refractivity contribution in [1.29, 1.82) is 0 Å². The van der Waals surface area contributed by atoms with E-state index >= 15 is 0 Å². The van der Waals surface area contributed by atoms with E-state index in [0.717, 1.165) is 17.2 Å². The molecule has 0 spiro atoms. The van der Waals surface area contributed by atoms with Crippen molar-refractivity contribution >= 4 is 24.4 Å². The molecular weight excluding hydrogens is 375 g/mol. The summed E-state index contributed by atoms with van der Waals surface area (Å²) in [6.45, 7) is 3.81. The van der Waals surface area contributed by atoms with Crippen LogP contribution in [-0.2, 0) is 14.3 Å². The van der Waals surface area contributed by atoms with Crippen molar-refractivity contribution in [3.63, 3.8) is 0 Å². The summed E-state index contributed by atoms with van der Waals surface area (Å²) < 4.78 is 22.8. The molecule has 0 aliphatic heterocycles. The highest BCUT2D eigenvalue weighted by molar-refractivity contribution is 5.91. The first-order chi connectivity index (χ1) is 14.1. The Kier molecular flexibility index (Phi) is 8.95. The fourth-order valence-corrected chi connectivity index (χ4v) is 2.14. The SMILES string of the molecule is C=CC(=O)OCCCCOC(=O)c1ccc(/C=N/N=C/c2ccc(F)cc2)cc1. The van der Waals surface area contributed by atoms with Gasteiger partial charge in [0.1, 0.15) is 5.82 Å². The molecule has 0 amide bonds. The highest BCUT2D eigenvalue weighted by atomic mass is 19.1. The van der Waals surface area contributed by atoms with Gasteiger partial charge in [0.05, 0.1) is 31.2 Å². The number of esters is 2. The van der Waals surface area contributed by atoms with Crippen molar-refractivity contribution in [3.8, 4) is 0 Å². The fraction of sp³-hybridized carbons (Fsp3) is 0.182. The van der Waals surface area contributed by atoms with Crippen LogP contribution in [0, 0.1) is 5.82 Å². The Morgan fingerprint density at radius 1 is 0.862 bits per heavy atom. The maximum Gasteiger partial charge on any atom is 0.338 e. The number of hydrogen-bond donors (Lipinski definition) is 0. The van der Waals surface area contributed by atoms with E-state index in [4.69, 9.17) is 9.47 Å². The zero-order chi connectivity index (χ0) is 20.9. The summed E-state index contributed by atoms with van der Waals surface area (Å²) in [6, 6.07) is 12.6. The number of halogens is 1. The second-order valence-corrected chi connectivity index (χ2v) is 5.88. The van der Waals surface area contributed by atoms with E-state index in [0.29, 0.717) is 18.4 Å². The standard InChI is InChI=1S/C22H21FN2O4/c1-2-21(26)28-13-3-4-14-29-22(27)19-9-5-17(6-10-19)15-24-25-16-18-7-11-20(23)12-8-18/h2,5-12,15-16H,1,3-4,13-14H2/b24-15+,25-16+. The van der Waals surface area contributed by atoms with Gasteiger partial charge in [-0.05, 0) is 48.2 Å². The number of nitrogens with zero attached hydrogens (tertiary/aromatic N) is 2. The van der Waals surface area contributed by atoms with Gasteiger partial charge in [-0.25, -0.2) is 14.0 Å². The molecule has 0 heterocycles. The number of ether oxygens (including phenoxy) is 2. The Hall–Kier alpha value is -3.61. The van der Waals surface area contributed by atoms with E-state index in [1.807, 2.05) is 0 Å². The van der Waals surface area contributed by atoms with Crippen molar-refractivity contribution in [1.82, 2.24) is 0 Å². The van der Waals surface area contributed by atoms with Crippen LogP contribution in [0.25, 0.3) is 0 Å². The molecule has 7 heteroatoms. The van der Waals surface area contributed by atoms with Crippen molar-refractivity contribution in [3.05, 3.63) is 83.7 Å². The van der Waals surface area contributed by atoms with Crippen LogP contribution in [0.3, 0.4) is 0 Å². The van der Waals surface area contributed by atoms with Crippen LogP contribution in [0.5, 0.6) is 0 Å². The molecule has 0 bridgehead atoms. The highest BCUT2D eigenvalue weighted by Crippen LogP contribution is 2.06. The lowest BCUT2D eigenvalue weighted by molar-refractivity contribution is -0.137. The third kappa shape index (κ3) is 8.30. The monoisotopic (exact) mass is 396 g/mol. The molecule has 2 aromatic rings. The summed E-state index contributed by atoms with van der Waals surface area (Å²) in [4.78, 5) is 22.8. The highest BCUT2D eigenvalue weighted by Gasteiger charge is 2.06. The third-order valence-electron chi connectivity index (χ3n) is 3.68. The largest absolute Gasteiger partial charge is 0.463 e. The Morgan fingerprint density at radius 2 is 1.38 bits per heavy atom. The average molecular weight is 396 g/mol. The number of benzene rings is 2. The molecule has 29 heavy (non-hydrogen) atoms. The first-order valence-corrected chi connectivity index (χ1v) is 8.97. The first-order valence-electron chi connectivity index (χ1n) is 8.97. The van der Waals surface area contributed by atoms with E-state index in [2.05, 4.69) is 16.8 Å². The molecule has 2 aromatic carbocycles. The molecule has 0 aliphatic carbocycles. The van der Waals surface area contributed by atoms with Gasteiger partial charge in [0.25, 0.3) is 0 Å². The Morgan fingerprint density at radius 3 is 1.93 bits per heavy atom. The molecule has 0 saturated carbocycles. The molecule has 0 radical (unpaired) electrons. The molecule has 2 rings (SSSR count). The number of carbonyl (C=O) groups excluding carboxylic acids is 2. The number of rotatable bonds is 10. The minimum Gasteiger partial charge on any atom is -0.463 e. The molecule has 0 unspecified atom stereocenters. The molecule has 0 fully saturated rings. The number of unbranched alkanes of at least 4 members (excludes halogenated alkanes) is 1. The van der Waals surface area contributed by atoms with Crippen molar-refractivity contribution in [2.45, 2.75) is 12.8 Å². The van der Waals surface area contributed by atoms with Crippen LogP contribution in [-0.4, -0.2) is 37.6 Å². The maximum absolute atomic E-state index is 12.8. The van der Waals surface area contributed by atoms with Gasteiger partial charge >= 0.3 is 11.9 Å². The summed E-state index contributed by atoms with van der Waals surface area (Å²) in [5.41, 5.74) is 1.93. The molecule has 0 aliphatic rings. The van der Waals surface area contributed by atoms with Crippen molar-refractivity contribution < 1.29 is 23.5 Å². The predicted octanol–water partition coefficient (Wildman–Crippen LogP) is 3.94. The number of hydrogen-bond acceptors (Lipinski definition) is 6. The van der Waals surface area contributed by atoms with E-state index in [1.165, 1.54) is 18.3 Å². The Bertz CT molecular complexity index is 875. The lowest BCUT2D eigenvalue weighted by atomic mass is 10.1. The number of carbonyl (C=O) groups is 2. The van der Waals surface area contributed by atoms with Crippen LogP contribution < -0.4 is 0 Å². The van der Waals surface area contributed by atoms with Crippen molar-refractivity contribution in [2.24, 2.45) is 10.2 Å². The van der Waals surface area contributed by atoms with Crippen molar-refractivity contribution in [2.75, 3.05) is 13.2 Å². The molecule has 6 nitrogen and oxygen atoms in total. The summed E-state index contributed by atoms with van der Waals surface area (Å²) >= 11 is 0. The van der Waals surface area contributed by atoms with Gasteiger partial charge in [0.2, 0.25) is 0 Å². The van der Waals surface area contributed by atoms with Gasteiger partial charge in [-0.1, -0.05) is 30.8 Å². The van der Waals surface area contributed by atoms with E-state index in [-0.39, 0.29) is 19.0 Å². The van der Waals surface area contributed by atoms with E-state index in [1.54, 1.807) is 42.6 Å². The average Bonchev–Trinajstić information content (AvgIpc) is 2.75. The van der Waals surface area contributed by atoms with Crippen LogP contribution in [0.4, 0.5) is 4.39 Å². The van der Waals surface area contributed by atoms with Gasteiger partial charge in [-0.3, -0.25) is 0 Å². The fourth-order valence-electron chi connectivity index (χ4n) is 2.14. The molecule has 0 saturated heterocycles. The zero-order valence-electron chi connectivity index (χ0n) is 15.8. The molecular formula is C22H21FN2O4. The van der Waals surface area contributed by atoms with Gasteiger partial charge in [0.15, 0.2) is 0 Å². The zero-order valence-corrected chi connectivity index (χ0v) is 15.8. The summed E-state index contributed by atoms with van der Waals surface area (Å²) in [6.07, 6.45) is 5.35. The molecule has 0 atom stereocenters. The lowest BCUT2D eigenvalue weighted by Crippen LogP contribution is -2.08. The van der Waals surface area contributed by atoms with Crippen LogP contribution in [0.15, 0.2) is 71.4 Å². The lowest BCUT2D eigenvalue weighted by Gasteiger charge is -2.05. The molecule has 0 aromatic heterocycles. The second kappa shape index (κ2) is 12.0. The van der Waals surface area contributed by atoms with E-state index < -0.39 is 11.9 Å². The van der Waals surface area contributed by atoms with Gasteiger partial charge in [-0.2, -0.15) is 10.2 Å². The van der Waals surface area contributed by atoms with E-state index in [9.17, 15) is 14.0 Å². The van der Waals surface area contributed by atoms with Crippen LogP contribution >= 0.6 is 0 Å². The smallest absolute Gasteiger partial charge is 0.338 e.